The first-order chi connectivity index (χ1) is 14.2. The summed E-state index contributed by atoms with van der Waals surface area (Å²) in [4.78, 5) is 1.36. The van der Waals surface area contributed by atoms with Crippen LogP contribution in [0.2, 0.25) is 0 Å². The maximum atomic E-state index is 12.8. The maximum Gasteiger partial charge on any atom is 0.401 e. The number of nitrogens with two attached hydrogens (primary N) is 1. The molecule has 0 saturated carbocycles. The molecule has 2 aliphatic heterocycles. The number of piperazine rings is 1. The third-order valence-electron chi connectivity index (χ3n) is 4.75. The van der Waals surface area contributed by atoms with E-state index in [0.29, 0.717) is 36.6 Å². The number of nitrogens with one attached hydrogen (secondary N) is 3. The summed E-state index contributed by atoms with van der Waals surface area (Å²) in [6, 6.07) is -0.440. The lowest BCUT2D eigenvalue weighted by Crippen LogP contribution is -2.55. The van der Waals surface area contributed by atoms with E-state index in [2.05, 4.69) is 27.6 Å². The molecule has 0 spiro atoms. The summed E-state index contributed by atoms with van der Waals surface area (Å²) < 4.78 is 45.8. The Bertz CT molecular complexity index is 857. The number of hydrogen-bond acceptors (Lipinski definition) is 7. The van der Waals surface area contributed by atoms with Crippen molar-refractivity contribution in [2.24, 2.45) is 12.8 Å². The fourth-order valence-corrected chi connectivity index (χ4v) is 3.23. The van der Waals surface area contributed by atoms with Gasteiger partial charge in [0.05, 0.1) is 24.5 Å². The van der Waals surface area contributed by atoms with Gasteiger partial charge in [0.2, 0.25) is 5.88 Å². The summed E-state index contributed by atoms with van der Waals surface area (Å²) in [5, 5.41) is 13.3. The van der Waals surface area contributed by atoms with Gasteiger partial charge in [0, 0.05) is 50.8 Å². The van der Waals surface area contributed by atoms with Crippen molar-refractivity contribution in [3.8, 4) is 0 Å². The van der Waals surface area contributed by atoms with Gasteiger partial charge in [0.25, 0.3) is 0 Å². The zero-order valence-corrected chi connectivity index (χ0v) is 16.7. The topological polar surface area (TPSA) is 92.4 Å². The Morgan fingerprint density at radius 2 is 2.17 bits per heavy atom. The minimum Gasteiger partial charge on any atom is -0.476 e. The molecule has 2 aliphatic rings. The van der Waals surface area contributed by atoms with Gasteiger partial charge < -0.3 is 26.4 Å². The van der Waals surface area contributed by atoms with Crippen LogP contribution in [0.3, 0.4) is 0 Å². The number of alkyl halides is 3. The number of halogens is 3. The molecule has 1 atom stereocenters. The molecule has 0 unspecified atom stereocenters. The van der Waals surface area contributed by atoms with Crippen molar-refractivity contribution in [3.63, 3.8) is 0 Å². The van der Waals surface area contributed by atoms with E-state index >= 15 is 0 Å². The minimum absolute atomic E-state index is 0.0284. The minimum atomic E-state index is -4.26. The summed E-state index contributed by atoms with van der Waals surface area (Å²) in [6.45, 7) is 4.29. The van der Waals surface area contributed by atoms with E-state index < -0.39 is 18.8 Å². The molecule has 1 aromatic rings. The third kappa shape index (κ3) is 5.80. The quantitative estimate of drug-likeness (QED) is 0.505. The van der Waals surface area contributed by atoms with E-state index in [4.69, 9.17) is 10.5 Å². The van der Waals surface area contributed by atoms with Crippen molar-refractivity contribution in [3.05, 3.63) is 60.3 Å². The van der Waals surface area contributed by atoms with Crippen molar-refractivity contribution in [1.29, 1.82) is 0 Å². The van der Waals surface area contributed by atoms with Crippen LogP contribution in [0.15, 0.2) is 54.7 Å². The summed E-state index contributed by atoms with van der Waals surface area (Å²) in [7, 11) is 1.81. The standard InChI is InChI=1S/C19H26F3N7O/c1-13(14-8-27-28(2)10-14)7-16-17(26-4-3-25-16)18(23)30-11-15-9-24-5-6-29(15)12-19(20,21)22/h3-4,7-8,10,15,24-26H,1,5-6,9,11-12,23H2,2H3/b16-7+,18-17-/t15-/m0/s1. The van der Waals surface area contributed by atoms with Crippen LogP contribution in [0.4, 0.5) is 13.2 Å². The van der Waals surface area contributed by atoms with Crippen molar-refractivity contribution in [2.75, 3.05) is 32.8 Å². The zero-order valence-electron chi connectivity index (χ0n) is 16.7. The van der Waals surface area contributed by atoms with Gasteiger partial charge in [-0.15, -0.1) is 0 Å². The fourth-order valence-electron chi connectivity index (χ4n) is 3.23. The van der Waals surface area contributed by atoms with Gasteiger partial charge >= 0.3 is 6.18 Å². The average molecular weight is 425 g/mol. The highest BCUT2D eigenvalue weighted by atomic mass is 19.4. The lowest BCUT2D eigenvalue weighted by molar-refractivity contribution is -0.154. The largest absolute Gasteiger partial charge is 0.476 e. The number of aromatic nitrogens is 2. The van der Waals surface area contributed by atoms with Crippen LogP contribution in [0, 0.1) is 0 Å². The highest BCUT2D eigenvalue weighted by molar-refractivity contribution is 5.73. The lowest BCUT2D eigenvalue weighted by Gasteiger charge is -2.36. The number of allylic oxidation sites excluding steroid dienone is 2. The Labute approximate surface area is 172 Å². The van der Waals surface area contributed by atoms with E-state index in [9.17, 15) is 13.2 Å². The van der Waals surface area contributed by atoms with Gasteiger partial charge in [-0.2, -0.15) is 18.3 Å². The second-order valence-corrected chi connectivity index (χ2v) is 7.10. The second kappa shape index (κ2) is 9.26. The summed E-state index contributed by atoms with van der Waals surface area (Å²) in [5.41, 5.74) is 8.78. The molecule has 8 nitrogen and oxygen atoms in total. The van der Waals surface area contributed by atoms with Crippen LogP contribution >= 0.6 is 0 Å². The van der Waals surface area contributed by atoms with E-state index in [1.165, 1.54) is 4.90 Å². The Morgan fingerprint density at radius 3 is 2.87 bits per heavy atom. The number of nitrogens with zero attached hydrogens (tertiary/aromatic N) is 3. The molecule has 0 aromatic carbocycles. The molecule has 0 aliphatic carbocycles. The maximum absolute atomic E-state index is 12.8. The van der Waals surface area contributed by atoms with Gasteiger partial charge in [-0.3, -0.25) is 9.58 Å². The Hall–Kier alpha value is -2.92. The predicted octanol–water partition coefficient (Wildman–Crippen LogP) is 0.962. The number of rotatable bonds is 6. The zero-order chi connectivity index (χ0) is 21.7. The monoisotopic (exact) mass is 425 g/mol. The van der Waals surface area contributed by atoms with E-state index in [-0.39, 0.29) is 12.5 Å². The number of hydrogen-bond donors (Lipinski definition) is 4. The van der Waals surface area contributed by atoms with Crippen LogP contribution in [0.5, 0.6) is 0 Å². The molecule has 1 aromatic heterocycles. The molecular weight excluding hydrogens is 399 g/mol. The average Bonchev–Trinajstić information content (AvgIpc) is 3.13. The van der Waals surface area contributed by atoms with Gasteiger partial charge in [-0.25, -0.2) is 0 Å². The lowest BCUT2D eigenvalue weighted by atomic mass is 10.1. The van der Waals surface area contributed by atoms with Crippen molar-refractivity contribution >= 4 is 5.57 Å². The van der Waals surface area contributed by atoms with Gasteiger partial charge in [-0.1, -0.05) is 6.58 Å². The molecule has 0 amide bonds. The summed E-state index contributed by atoms with van der Waals surface area (Å²) in [5.74, 6) is 0.0784. The third-order valence-corrected chi connectivity index (χ3v) is 4.75. The molecular formula is C19H26F3N7O. The second-order valence-electron chi connectivity index (χ2n) is 7.10. The van der Waals surface area contributed by atoms with Gasteiger partial charge in [-0.05, 0) is 11.6 Å². The fraction of sp³-hybridized carbons (Fsp3) is 0.421. The highest BCUT2D eigenvalue weighted by Gasteiger charge is 2.35. The van der Waals surface area contributed by atoms with E-state index in [0.717, 1.165) is 5.56 Å². The first kappa shape index (κ1) is 21.8. The van der Waals surface area contributed by atoms with Crippen LogP contribution in [-0.4, -0.2) is 59.7 Å². The molecule has 3 heterocycles. The number of ether oxygens (including phenoxy) is 1. The molecule has 1 fully saturated rings. The summed E-state index contributed by atoms with van der Waals surface area (Å²) >= 11 is 0. The van der Waals surface area contributed by atoms with Crippen molar-refractivity contribution in [1.82, 2.24) is 30.6 Å². The van der Waals surface area contributed by atoms with Crippen LogP contribution in [-0.2, 0) is 11.8 Å². The van der Waals surface area contributed by atoms with Crippen LogP contribution in [0.1, 0.15) is 5.56 Å². The molecule has 3 rings (SSSR count). The Kier molecular flexibility index (Phi) is 6.73. The van der Waals surface area contributed by atoms with Gasteiger partial charge in [0.1, 0.15) is 12.3 Å². The molecule has 164 valence electrons. The van der Waals surface area contributed by atoms with E-state index in [1.807, 2.05) is 13.2 Å². The molecule has 0 bridgehead atoms. The molecule has 1 saturated heterocycles. The van der Waals surface area contributed by atoms with Crippen molar-refractivity contribution in [2.45, 2.75) is 12.2 Å². The van der Waals surface area contributed by atoms with Gasteiger partial charge in [0.15, 0.2) is 0 Å². The highest BCUT2D eigenvalue weighted by Crippen LogP contribution is 2.21. The Morgan fingerprint density at radius 1 is 1.40 bits per heavy atom. The first-order valence-corrected chi connectivity index (χ1v) is 9.45. The molecule has 0 radical (unpaired) electrons. The normalized spacial score (nSPS) is 23.1. The summed E-state index contributed by atoms with van der Waals surface area (Å²) in [6.07, 6.45) is 4.39. The molecule has 11 heteroatoms. The molecule has 5 N–H and O–H groups in total. The predicted molar refractivity (Wildman–Crippen MR) is 107 cm³/mol. The van der Waals surface area contributed by atoms with E-state index in [1.54, 1.807) is 29.4 Å². The molecule has 30 heavy (non-hydrogen) atoms. The SMILES string of the molecule is C=C(/C=C1/NC=CN/C1=C(/N)OC[C@@H]1CNCCN1CC(F)(F)F)c1cnn(C)c1. The van der Waals surface area contributed by atoms with Crippen LogP contribution in [0.25, 0.3) is 5.57 Å². The Balaban J connectivity index is 1.70. The van der Waals surface area contributed by atoms with Crippen LogP contribution < -0.4 is 21.7 Å². The number of aryl methyl sites for hydroxylation is 1. The smallest absolute Gasteiger partial charge is 0.401 e. The first-order valence-electron chi connectivity index (χ1n) is 9.45. The van der Waals surface area contributed by atoms with Crippen molar-refractivity contribution < 1.29 is 17.9 Å².